The first-order valence-electron chi connectivity index (χ1n) is 8.12. The number of amides is 2. The number of carbonyl (C=O) groups is 2. The van der Waals surface area contributed by atoms with Crippen LogP contribution in [-0.4, -0.2) is 45.7 Å². The highest BCUT2D eigenvalue weighted by Gasteiger charge is 2.22. The van der Waals surface area contributed by atoms with Crippen molar-refractivity contribution in [3.8, 4) is 11.3 Å². The molecule has 3 aromatic rings. The zero-order chi connectivity index (χ0) is 18.7. The van der Waals surface area contributed by atoms with E-state index in [9.17, 15) is 9.59 Å². The average molecular weight is 353 g/mol. The Hall–Kier alpha value is -3.42. The molecule has 0 saturated carbocycles. The summed E-state index contributed by atoms with van der Waals surface area (Å²) in [6.07, 6.45) is 1.45. The number of aromatic nitrogens is 3. The minimum Gasteiger partial charge on any atom is -0.355 e. The third-order valence-corrected chi connectivity index (χ3v) is 3.80. The second-order valence-electron chi connectivity index (χ2n) is 5.82. The maximum atomic E-state index is 12.5. The normalized spacial score (nSPS) is 10.6. The van der Waals surface area contributed by atoms with E-state index in [-0.39, 0.29) is 11.6 Å². The van der Waals surface area contributed by atoms with E-state index < -0.39 is 5.91 Å². The van der Waals surface area contributed by atoms with Gasteiger partial charge in [-0.25, -0.2) is 0 Å². The highest BCUT2D eigenvalue weighted by atomic mass is 16.5. The Morgan fingerprint density at radius 1 is 1.23 bits per heavy atom. The van der Waals surface area contributed by atoms with Gasteiger partial charge in [0.15, 0.2) is 11.5 Å². The Morgan fingerprint density at radius 2 is 1.96 bits per heavy atom. The Labute approximate surface area is 150 Å². The van der Waals surface area contributed by atoms with E-state index in [1.165, 1.54) is 15.8 Å². The molecule has 2 aromatic heterocycles. The zero-order valence-electron chi connectivity index (χ0n) is 14.8. The van der Waals surface area contributed by atoms with Gasteiger partial charge in [-0.15, -0.1) is 0 Å². The smallest absolute Gasteiger partial charge is 0.277 e. The first kappa shape index (κ1) is 17.4. The summed E-state index contributed by atoms with van der Waals surface area (Å²) in [5.74, 6) is -0.228. The van der Waals surface area contributed by atoms with Crippen LogP contribution >= 0.6 is 0 Å². The Bertz CT molecular complexity index is 927. The van der Waals surface area contributed by atoms with Crippen LogP contribution in [0.4, 0.5) is 5.69 Å². The van der Waals surface area contributed by atoms with Crippen molar-refractivity contribution >= 4 is 17.5 Å². The van der Waals surface area contributed by atoms with Gasteiger partial charge in [0.1, 0.15) is 5.69 Å². The summed E-state index contributed by atoms with van der Waals surface area (Å²) in [7, 11) is 3.29. The SMILES string of the molecule is CCn1ncc(NC(=O)c2cc(-c3ccccc3)on2)c1C(=O)N(C)C. The van der Waals surface area contributed by atoms with Crippen molar-refractivity contribution in [1.29, 1.82) is 0 Å². The molecule has 0 saturated heterocycles. The summed E-state index contributed by atoms with van der Waals surface area (Å²) in [5.41, 5.74) is 1.59. The van der Waals surface area contributed by atoms with Crippen molar-refractivity contribution in [3.05, 3.63) is 54.0 Å². The summed E-state index contributed by atoms with van der Waals surface area (Å²) < 4.78 is 6.78. The molecule has 8 nitrogen and oxygen atoms in total. The molecule has 0 aliphatic heterocycles. The fraction of sp³-hybridized carbons (Fsp3) is 0.222. The predicted molar refractivity (Wildman–Crippen MR) is 95.8 cm³/mol. The molecule has 1 N–H and O–H groups in total. The van der Waals surface area contributed by atoms with Crippen LogP contribution in [0.15, 0.2) is 47.1 Å². The largest absolute Gasteiger partial charge is 0.355 e. The number of rotatable bonds is 5. The van der Waals surface area contributed by atoms with Crippen LogP contribution in [0, 0.1) is 0 Å². The summed E-state index contributed by atoms with van der Waals surface area (Å²) in [6, 6.07) is 10.9. The second kappa shape index (κ2) is 7.22. The summed E-state index contributed by atoms with van der Waals surface area (Å²) in [5, 5.41) is 10.7. The molecular formula is C18H19N5O3. The van der Waals surface area contributed by atoms with Crippen LogP contribution in [0.1, 0.15) is 27.9 Å². The van der Waals surface area contributed by atoms with Gasteiger partial charge in [0.05, 0.1) is 11.9 Å². The van der Waals surface area contributed by atoms with Gasteiger partial charge in [0, 0.05) is 32.3 Å². The van der Waals surface area contributed by atoms with E-state index in [1.54, 1.807) is 20.2 Å². The van der Waals surface area contributed by atoms with Crippen LogP contribution in [0.3, 0.4) is 0 Å². The van der Waals surface area contributed by atoms with Crippen molar-refractivity contribution in [1.82, 2.24) is 19.8 Å². The molecule has 1 aromatic carbocycles. The van der Waals surface area contributed by atoms with Gasteiger partial charge in [-0.3, -0.25) is 14.3 Å². The summed E-state index contributed by atoms with van der Waals surface area (Å²) >= 11 is 0. The molecule has 0 aliphatic rings. The quantitative estimate of drug-likeness (QED) is 0.761. The molecule has 0 fully saturated rings. The third kappa shape index (κ3) is 3.34. The second-order valence-corrected chi connectivity index (χ2v) is 5.82. The fourth-order valence-corrected chi connectivity index (χ4v) is 2.46. The van der Waals surface area contributed by atoms with Crippen molar-refractivity contribution in [2.75, 3.05) is 19.4 Å². The molecular weight excluding hydrogens is 334 g/mol. The topological polar surface area (TPSA) is 93.3 Å². The van der Waals surface area contributed by atoms with E-state index in [0.29, 0.717) is 23.7 Å². The monoisotopic (exact) mass is 353 g/mol. The van der Waals surface area contributed by atoms with Gasteiger partial charge in [0.25, 0.3) is 11.8 Å². The number of carbonyl (C=O) groups excluding carboxylic acids is 2. The number of nitrogens with one attached hydrogen (secondary N) is 1. The van der Waals surface area contributed by atoms with E-state index in [0.717, 1.165) is 5.56 Å². The van der Waals surface area contributed by atoms with Crippen LogP contribution < -0.4 is 5.32 Å². The van der Waals surface area contributed by atoms with Crippen molar-refractivity contribution in [2.24, 2.45) is 0 Å². The Kier molecular flexibility index (Phi) is 4.83. The molecule has 0 unspecified atom stereocenters. The standard InChI is InChI=1S/C18H19N5O3/c1-4-23-16(18(25)22(2)3)14(11-19-23)20-17(24)13-10-15(26-21-13)12-8-6-5-7-9-12/h5-11H,4H2,1-3H3,(H,20,24). The highest BCUT2D eigenvalue weighted by molar-refractivity contribution is 6.07. The molecule has 8 heteroatoms. The molecule has 0 radical (unpaired) electrons. The van der Waals surface area contributed by atoms with Gasteiger partial charge in [-0.05, 0) is 6.92 Å². The molecule has 2 heterocycles. The maximum absolute atomic E-state index is 12.5. The lowest BCUT2D eigenvalue weighted by atomic mass is 10.1. The summed E-state index contributed by atoms with van der Waals surface area (Å²) in [6.45, 7) is 2.38. The lowest BCUT2D eigenvalue weighted by Crippen LogP contribution is -2.26. The van der Waals surface area contributed by atoms with Gasteiger partial charge in [-0.1, -0.05) is 35.5 Å². The van der Waals surface area contributed by atoms with Crippen LogP contribution in [-0.2, 0) is 6.54 Å². The van der Waals surface area contributed by atoms with Crippen molar-refractivity contribution < 1.29 is 14.1 Å². The lowest BCUT2D eigenvalue weighted by molar-refractivity contribution is 0.0816. The van der Waals surface area contributed by atoms with Crippen LogP contribution in [0.25, 0.3) is 11.3 Å². The average Bonchev–Trinajstić information content (AvgIpc) is 3.29. The summed E-state index contributed by atoms with van der Waals surface area (Å²) in [4.78, 5) is 26.3. The number of benzene rings is 1. The van der Waals surface area contributed by atoms with Crippen molar-refractivity contribution in [2.45, 2.75) is 13.5 Å². The third-order valence-electron chi connectivity index (χ3n) is 3.80. The highest BCUT2D eigenvalue weighted by Crippen LogP contribution is 2.21. The molecule has 26 heavy (non-hydrogen) atoms. The van der Waals surface area contributed by atoms with Crippen LogP contribution in [0.2, 0.25) is 0 Å². The van der Waals surface area contributed by atoms with E-state index in [1.807, 2.05) is 37.3 Å². The van der Waals surface area contributed by atoms with Gasteiger partial charge in [0.2, 0.25) is 0 Å². The molecule has 0 bridgehead atoms. The first-order chi connectivity index (χ1) is 12.5. The number of nitrogens with zero attached hydrogens (tertiary/aromatic N) is 4. The lowest BCUT2D eigenvalue weighted by Gasteiger charge is -2.13. The molecule has 2 amide bonds. The maximum Gasteiger partial charge on any atom is 0.277 e. The van der Waals surface area contributed by atoms with E-state index in [2.05, 4.69) is 15.6 Å². The molecule has 0 spiro atoms. The first-order valence-corrected chi connectivity index (χ1v) is 8.12. The molecule has 134 valence electrons. The van der Waals surface area contributed by atoms with E-state index >= 15 is 0 Å². The Balaban J connectivity index is 1.84. The minimum absolute atomic E-state index is 0.122. The minimum atomic E-state index is -0.473. The number of anilines is 1. The fourth-order valence-electron chi connectivity index (χ4n) is 2.46. The number of hydrogen-bond donors (Lipinski definition) is 1. The predicted octanol–water partition coefficient (Wildman–Crippen LogP) is 2.51. The van der Waals surface area contributed by atoms with Gasteiger partial charge >= 0.3 is 0 Å². The number of aryl methyl sites for hydroxylation is 1. The van der Waals surface area contributed by atoms with E-state index in [4.69, 9.17) is 4.52 Å². The number of hydrogen-bond acceptors (Lipinski definition) is 5. The van der Waals surface area contributed by atoms with Gasteiger partial charge in [-0.2, -0.15) is 5.10 Å². The molecule has 3 rings (SSSR count). The molecule has 0 aliphatic carbocycles. The molecule has 0 atom stereocenters. The van der Waals surface area contributed by atoms with Gasteiger partial charge < -0.3 is 14.7 Å². The Morgan fingerprint density at radius 3 is 2.62 bits per heavy atom. The zero-order valence-corrected chi connectivity index (χ0v) is 14.8. The van der Waals surface area contributed by atoms with Crippen LogP contribution in [0.5, 0.6) is 0 Å². The van der Waals surface area contributed by atoms with Crippen molar-refractivity contribution in [3.63, 3.8) is 0 Å².